The fraction of sp³-hybridized carbons (Fsp3) is 1.00. The summed E-state index contributed by atoms with van der Waals surface area (Å²) >= 11 is 0. The van der Waals surface area contributed by atoms with Crippen LogP contribution in [0.15, 0.2) is 0 Å². The van der Waals surface area contributed by atoms with E-state index in [-0.39, 0.29) is 12.5 Å². The minimum atomic E-state index is -2.35. The summed E-state index contributed by atoms with van der Waals surface area (Å²) in [5, 5.41) is 0. The molecule has 3 heteroatoms. The van der Waals surface area contributed by atoms with Gasteiger partial charge in [0.15, 0.2) is 0 Å². The van der Waals surface area contributed by atoms with Crippen LogP contribution in [0.1, 0.15) is 19.8 Å². The van der Waals surface area contributed by atoms with Crippen LogP contribution in [0.5, 0.6) is 0 Å². The molecule has 0 aliphatic carbocycles. The van der Waals surface area contributed by atoms with E-state index in [1.165, 1.54) is 0 Å². The Hall–Kier alpha value is 0.0769. The molecule has 0 nitrogen and oxygen atoms in total. The first kappa shape index (κ1) is 8.08. The largest absolute Gasteiger partial charge is 0.245 e. The summed E-state index contributed by atoms with van der Waals surface area (Å²) in [6, 6.07) is 0.112. The quantitative estimate of drug-likeness (QED) is 0.514. The van der Waals surface area contributed by atoms with Crippen LogP contribution in [-0.2, 0) is 0 Å². The number of halogens is 2. The first-order valence-electron chi connectivity index (χ1n) is 3.00. The zero-order valence-corrected chi connectivity index (χ0v) is 7.38. The second-order valence-corrected chi connectivity index (χ2v) is 2.67. The van der Waals surface area contributed by atoms with Gasteiger partial charge >= 0.3 is 0 Å². The molecule has 0 aromatic heterocycles. The van der Waals surface area contributed by atoms with Crippen molar-refractivity contribution in [2.24, 2.45) is 0 Å². The lowest BCUT2D eigenvalue weighted by Gasteiger charge is -2.10. The van der Waals surface area contributed by atoms with Crippen LogP contribution >= 0.6 is 0 Å². The van der Waals surface area contributed by atoms with Crippen LogP contribution in [0.25, 0.3) is 0 Å². The molecule has 0 rings (SSSR count). The smallest absolute Gasteiger partial charge is 0.207 e. The van der Waals surface area contributed by atoms with E-state index in [0.29, 0.717) is 16.7 Å². The minimum Gasteiger partial charge on any atom is -0.207 e. The van der Waals surface area contributed by atoms with Gasteiger partial charge in [-0.1, -0.05) is 13.3 Å². The SMILES string of the molecule is CCCC(F)(F)C[SiH3]. The van der Waals surface area contributed by atoms with Gasteiger partial charge in [-0.25, -0.2) is 8.78 Å². The van der Waals surface area contributed by atoms with Crippen molar-refractivity contribution in [2.75, 3.05) is 0 Å². The Morgan fingerprint density at radius 1 is 1.50 bits per heavy atom. The molecule has 0 aromatic rings. The zero-order valence-electron chi connectivity index (χ0n) is 5.38. The lowest BCUT2D eigenvalue weighted by molar-refractivity contribution is 0.0130. The van der Waals surface area contributed by atoms with Crippen LogP contribution in [0.3, 0.4) is 0 Å². The molecular weight excluding hydrogens is 126 g/mol. The highest BCUT2D eigenvalue weighted by Crippen LogP contribution is 2.22. The van der Waals surface area contributed by atoms with E-state index in [0.717, 1.165) is 0 Å². The molecule has 0 atom stereocenters. The van der Waals surface area contributed by atoms with Crippen molar-refractivity contribution in [1.29, 1.82) is 0 Å². The average molecular weight is 138 g/mol. The number of hydrogen-bond donors (Lipinski definition) is 0. The standard InChI is InChI=1S/C5H12F2Si/c1-2-3-5(6,7)4-8/h2-4H2,1,8H3. The highest BCUT2D eigenvalue weighted by molar-refractivity contribution is 6.09. The van der Waals surface area contributed by atoms with Crippen LogP contribution < -0.4 is 0 Å². The van der Waals surface area contributed by atoms with Crippen molar-refractivity contribution in [3.63, 3.8) is 0 Å². The van der Waals surface area contributed by atoms with E-state index in [4.69, 9.17) is 0 Å². The summed E-state index contributed by atoms with van der Waals surface area (Å²) in [5.41, 5.74) is 0. The van der Waals surface area contributed by atoms with Gasteiger partial charge < -0.3 is 0 Å². The summed E-state index contributed by atoms with van der Waals surface area (Å²) in [5.74, 6) is -2.35. The maximum absolute atomic E-state index is 12.2. The molecule has 0 aromatic carbocycles. The normalized spacial score (nSPS) is 12.4. The molecule has 0 unspecified atom stereocenters. The van der Waals surface area contributed by atoms with Crippen molar-refractivity contribution in [3.8, 4) is 0 Å². The van der Waals surface area contributed by atoms with Gasteiger partial charge in [0.25, 0.3) is 0 Å². The molecule has 0 spiro atoms. The molecule has 0 saturated carbocycles. The molecule has 0 N–H and O–H groups in total. The molecule has 8 heavy (non-hydrogen) atoms. The molecule has 0 bridgehead atoms. The summed E-state index contributed by atoms with van der Waals surface area (Å²) in [4.78, 5) is 0. The second kappa shape index (κ2) is 3.17. The van der Waals surface area contributed by atoms with E-state index in [9.17, 15) is 8.78 Å². The predicted molar refractivity (Wildman–Crippen MR) is 34.6 cm³/mol. The molecule has 0 saturated heterocycles. The Morgan fingerprint density at radius 3 is 2.12 bits per heavy atom. The van der Waals surface area contributed by atoms with Gasteiger partial charge in [0.05, 0.1) is 0 Å². The average Bonchev–Trinajstić information content (AvgIpc) is 1.67. The fourth-order valence-corrected chi connectivity index (χ4v) is 0.896. The van der Waals surface area contributed by atoms with Crippen molar-refractivity contribution in [2.45, 2.75) is 31.7 Å². The summed E-state index contributed by atoms with van der Waals surface area (Å²) in [7, 11) is 0.612. The summed E-state index contributed by atoms with van der Waals surface area (Å²) < 4.78 is 24.4. The maximum Gasteiger partial charge on any atom is 0.245 e. The zero-order chi connectivity index (χ0) is 6.62. The predicted octanol–water partition coefficient (Wildman–Crippen LogP) is 1.21. The van der Waals surface area contributed by atoms with Gasteiger partial charge in [0, 0.05) is 16.7 Å². The third-order valence-electron chi connectivity index (χ3n) is 1.13. The van der Waals surface area contributed by atoms with E-state index < -0.39 is 5.92 Å². The van der Waals surface area contributed by atoms with Crippen molar-refractivity contribution >= 4 is 10.2 Å². The fourth-order valence-electron chi connectivity index (χ4n) is 0.543. The van der Waals surface area contributed by atoms with E-state index >= 15 is 0 Å². The second-order valence-electron chi connectivity index (χ2n) is 1.96. The topological polar surface area (TPSA) is 0 Å². The van der Waals surface area contributed by atoms with Crippen molar-refractivity contribution in [1.82, 2.24) is 0 Å². The van der Waals surface area contributed by atoms with Gasteiger partial charge in [-0.05, 0) is 6.04 Å². The summed E-state index contributed by atoms with van der Waals surface area (Å²) in [6.07, 6.45) is 0.658. The molecule has 0 fully saturated rings. The lowest BCUT2D eigenvalue weighted by atomic mass is 10.2. The molecule has 50 valence electrons. The first-order chi connectivity index (χ1) is 3.62. The Labute approximate surface area is 51.7 Å². The van der Waals surface area contributed by atoms with Gasteiger partial charge in [0.1, 0.15) is 0 Å². The highest BCUT2D eigenvalue weighted by Gasteiger charge is 2.23. The van der Waals surface area contributed by atoms with Gasteiger partial charge in [-0.3, -0.25) is 0 Å². The van der Waals surface area contributed by atoms with Crippen LogP contribution in [0.4, 0.5) is 8.78 Å². The third kappa shape index (κ3) is 3.13. The van der Waals surface area contributed by atoms with Crippen LogP contribution in [-0.4, -0.2) is 16.2 Å². The lowest BCUT2D eigenvalue weighted by Crippen LogP contribution is -2.13. The van der Waals surface area contributed by atoms with E-state index in [1.807, 2.05) is 0 Å². The Kier molecular flexibility index (Phi) is 3.20. The highest BCUT2D eigenvalue weighted by atomic mass is 28.1. The molecular formula is C5H12F2Si. The van der Waals surface area contributed by atoms with Gasteiger partial charge in [0.2, 0.25) is 5.92 Å². The minimum absolute atomic E-state index is 0.0660. The molecule has 0 radical (unpaired) electrons. The number of hydrogen-bond acceptors (Lipinski definition) is 0. The van der Waals surface area contributed by atoms with Crippen molar-refractivity contribution in [3.05, 3.63) is 0 Å². The maximum atomic E-state index is 12.2. The number of alkyl halides is 2. The summed E-state index contributed by atoms with van der Waals surface area (Å²) in [6.45, 7) is 1.78. The van der Waals surface area contributed by atoms with Crippen molar-refractivity contribution < 1.29 is 8.78 Å². The Bertz CT molecular complexity index is 63.4. The van der Waals surface area contributed by atoms with Crippen LogP contribution in [0, 0.1) is 0 Å². The monoisotopic (exact) mass is 138 g/mol. The van der Waals surface area contributed by atoms with Gasteiger partial charge in [-0.15, -0.1) is 0 Å². The molecule has 0 aliphatic heterocycles. The molecule has 0 amide bonds. The molecule has 0 heterocycles. The van der Waals surface area contributed by atoms with Crippen LogP contribution in [0.2, 0.25) is 6.04 Å². The number of rotatable bonds is 3. The first-order valence-corrected chi connectivity index (χ1v) is 4.41. The van der Waals surface area contributed by atoms with E-state index in [1.54, 1.807) is 6.92 Å². The third-order valence-corrected chi connectivity index (χ3v) is 2.17. The Morgan fingerprint density at radius 2 is 2.00 bits per heavy atom. The van der Waals surface area contributed by atoms with Gasteiger partial charge in [-0.2, -0.15) is 0 Å². The van der Waals surface area contributed by atoms with E-state index in [2.05, 4.69) is 0 Å². The molecule has 0 aliphatic rings. The Balaban J connectivity index is 3.37.